The molecule has 1 saturated heterocycles. The Hall–Kier alpha value is -2.92. The number of rotatable bonds is 5. The van der Waals surface area contributed by atoms with Gasteiger partial charge in [-0.3, -0.25) is 4.79 Å². The van der Waals surface area contributed by atoms with Crippen LogP contribution < -0.4 is 5.73 Å². The van der Waals surface area contributed by atoms with Crippen molar-refractivity contribution in [1.82, 2.24) is 9.88 Å². The van der Waals surface area contributed by atoms with E-state index in [1.54, 1.807) is 6.20 Å². The third kappa shape index (κ3) is 3.99. The van der Waals surface area contributed by atoms with Gasteiger partial charge in [-0.2, -0.15) is 0 Å². The maximum Gasteiger partial charge on any atom is 0.223 e. The minimum absolute atomic E-state index is 0.0266. The second-order valence-electron chi connectivity index (χ2n) is 7.46. The molecule has 4 rings (SSSR count). The van der Waals surface area contributed by atoms with E-state index in [0.717, 1.165) is 11.3 Å². The van der Waals surface area contributed by atoms with E-state index in [-0.39, 0.29) is 17.9 Å². The van der Waals surface area contributed by atoms with Crippen LogP contribution in [-0.2, 0) is 11.2 Å². The fourth-order valence-electron chi connectivity index (χ4n) is 3.73. The molecule has 1 aliphatic rings. The predicted octanol–water partition coefficient (Wildman–Crippen LogP) is 3.54. The second kappa shape index (κ2) is 7.98. The van der Waals surface area contributed by atoms with Crippen LogP contribution in [0.2, 0.25) is 0 Å². The van der Waals surface area contributed by atoms with Crippen molar-refractivity contribution in [1.29, 1.82) is 0 Å². The first-order valence-electron chi connectivity index (χ1n) is 9.70. The Morgan fingerprint density at radius 3 is 2.64 bits per heavy atom. The van der Waals surface area contributed by atoms with Gasteiger partial charge in [-0.25, -0.2) is 4.98 Å². The van der Waals surface area contributed by atoms with Crippen LogP contribution in [0.15, 0.2) is 65.2 Å². The average molecular weight is 375 g/mol. The molecule has 1 amide bonds. The van der Waals surface area contributed by atoms with Crippen LogP contribution in [0.3, 0.4) is 0 Å². The zero-order chi connectivity index (χ0) is 19.5. The van der Waals surface area contributed by atoms with Crippen LogP contribution in [0.5, 0.6) is 0 Å². The molecule has 2 atom stereocenters. The van der Waals surface area contributed by atoms with Crippen molar-refractivity contribution >= 4 is 5.91 Å². The Kier molecular flexibility index (Phi) is 5.26. The monoisotopic (exact) mass is 375 g/mol. The van der Waals surface area contributed by atoms with E-state index in [0.29, 0.717) is 31.8 Å². The van der Waals surface area contributed by atoms with Gasteiger partial charge in [-0.1, -0.05) is 60.2 Å². The normalized spacial score (nSPS) is 19.1. The van der Waals surface area contributed by atoms with Crippen molar-refractivity contribution in [2.24, 2.45) is 5.73 Å². The van der Waals surface area contributed by atoms with Crippen molar-refractivity contribution in [3.8, 4) is 11.3 Å². The highest BCUT2D eigenvalue weighted by molar-refractivity contribution is 5.77. The Labute approximate surface area is 165 Å². The van der Waals surface area contributed by atoms with E-state index in [9.17, 15) is 4.79 Å². The van der Waals surface area contributed by atoms with Gasteiger partial charge in [0.2, 0.25) is 5.91 Å². The third-order valence-corrected chi connectivity index (χ3v) is 5.39. The molecule has 5 heteroatoms. The van der Waals surface area contributed by atoms with Gasteiger partial charge in [0.15, 0.2) is 11.7 Å². The number of hydrogen-bond donors (Lipinski definition) is 1. The molecule has 0 aliphatic carbocycles. The summed E-state index contributed by atoms with van der Waals surface area (Å²) in [7, 11) is 0. The first-order chi connectivity index (χ1) is 13.6. The van der Waals surface area contributed by atoms with Gasteiger partial charge in [-0.15, -0.1) is 0 Å². The fourth-order valence-corrected chi connectivity index (χ4v) is 3.73. The van der Waals surface area contributed by atoms with E-state index in [1.165, 1.54) is 11.1 Å². The molecule has 0 saturated carbocycles. The molecule has 144 valence electrons. The van der Waals surface area contributed by atoms with Crippen LogP contribution >= 0.6 is 0 Å². The smallest absolute Gasteiger partial charge is 0.223 e. The molecule has 1 aliphatic heterocycles. The van der Waals surface area contributed by atoms with E-state index in [4.69, 9.17) is 10.2 Å². The van der Waals surface area contributed by atoms with Gasteiger partial charge in [-0.05, 0) is 12.5 Å². The summed E-state index contributed by atoms with van der Waals surface area (Å²) in [6.07, 6.45) is 2.59. The van der Waals surface area contributed by atoms with Gasteiger partial charge < -0.3 is 15.1 Å². The Morgan fingerprint density at radius 2 is 1.89 bits per heavy atom. The van der Waals surface area contributed by atoms with Crippen molar-refractivity contribution in [2.45, 2.75) is 31.7 Å². The lowest BCUT2D eigenvalue weighted by atomic mass is 9.95. The zero-order valence-electron chi connectivity index (χ0n) is 16.0. The Balaban J connectivity index is 1.34. The predicted molar refractivity (Wildman–Crippen MR) is 109 cm³/mol. The zero-order valence-corrected chi connectivity index (χ0v) is 16.0. The largest absolute Gasteiger partial charge is 0.441 e. The lowest BCUT2D eigenvalue weighted by Crippen LogP contribution is -2.32. The number of aromatic nitrogens is 1. The maximum atomic E-state index is 12.7. The summed E-state index contributed by atoms with van der Waals surface area (Å²) in [5.74, 6) is 1.62. The van der Waals surface area contributed by atoms with E-state index < -0.39 is 0 Å². The van der Waals surface area contributed by atoms with Crippen LogP contribution in [-0.4, -0.2) is 34.9 Å². The molecule has 3 aromatic rings. The quantitative estimate of drug-likeness (QED) is 0.740. The lowest BCUT2D eigenvalue weighted by Gasteiger charge is -2.16. The van der Waals surface area contributed by atoms with Gasteiger partial charge in [0.05, 0.1) is 6.20 Å². The second-order valence-corrected chi connectivity index (χ2v) is 7.46. The van der Waals surface area contributed by atoms with Gasteiger partial charge in [0.1, 0.15) is 0 Å². The molecule has 0 bridgehead atoms. The molecule has 1 fully saturated rings. The summed E-state index contributed by atoms with van der Waals surface area (Å²) >= 11 is 0. The molecular weight excluding hydrogens is 350 g/mol. The molecule has 2 N–H and O–H groups in total. The summed E-state index contributed by atoms with van der Waals surface area (Å²) in [4.78, 5) is 18.9. The average Bonchev–Trinajstić information content (AvgIpc) is 3.34. The van der Waals surface area contributed by atoms with Gasteiger partial charge in [0, 0.05) is 43.5 Å². The van der Waals surface area contributed by atoms with Crippen LogP contribution in [0.25, 0.3) is 11.3 Å². The first-order valence-corrected chi connectivity index (χ1v) is 9.70. The molecule has 2 aromatic carbocycles. The molecule has 1 aromatic heterocycles. The third-order valence-electron chi connectivity index (χ3n) is 5.39. The Bertz CT molecular complexity index is 934. The van der Waals surface area contributed by atoms with Crippen LogP contribution in [0, 0.1) is 6.92 Å². The Morgan fingerprint density at radius 1 is 1.14 bits per heavy atom. The number of oxazole rings is 1. The minimum atomic E-state index is -0.0266. The molecule has 2 heterocycles. The van der Waals surface area contributed by atoms with Crippen molar-refractivity contribution in [2.75, 3.05) is 13.1 Å². The minimum Gasteiger partial charge on any atom is -0.441 e. The number of nitrogens with zero attached hydrogens (tertiary/aromatic N) is 2. The van der Waals surface area contributed by atoms with Crippen molar-refractivity contribution in [3.05, 3.63) is 77.8 Å². The van der Waals surface area contributed by atoms with E-state index in [1.807, 2.05) is 54.3 Å². The van der Waals surface area contributed by atoms with Gasteiger partial charge in [0.25, 0.3) is 0 Å². The number of nitrogens with two attached hydrogens (primary N) is 1. The number of hydrogen-bond acceptors (Lipinski definition) is 4. The lowest BCUT2D eigenvalue weighted by molar-refractivity contribution is -0.130. The van der Waals surface area contributed by atoms with E-state index >= 15 is 0 Å². The highest BCUT2D eigenvalue weighted by atomic mass is 16.4. The summed E-state index contributed by atoms with van der Waals surface area (Å²) in [5, 5.41) is 0. The molecule has 0 unspecified atom stereocenters. The summed E-state index contributed by atoms with van der Waals surface area (Å²) < 4.78 is 5.83. The molecule has 0 spiro atoms. The number of carbonyl (C=O) groups is 1. The highest BCUT2D eigenvalue weighted by Gasteiger charge is 2.33. The maximum absolute atomic E-state index is 12.7. The van der Waals surface area contributed by atoms with Crippen LogP contribution in [0.4, 0.5) is 0 Å². The molecule has 5 nitrogen and oxygen atoms in total. The highest BCUT2D eigenvalue weighted by Crippen LogP contribution is 2.27. The molecule has 0 radical (unpaired) electrons. The molecule has 28 heavy (non-hydrogen) atoms. The van der Waals surface area contributed by atoms with Gasteiger partial charge >= 0.3 is 0 Å². The number of likely N-dealkylation sites (tertiary alicyclic amines) is 1. The summed E-state index contributed by atoms with van der Waals surface area (Å²) in [5.41, 5.74) is 9.69. The first kappa shape index (κ1) is 18.4. The SMILES string of the molecule is Cc1ccc(-c2cnc(CCC(=O)N3C[C@@H](N)[C@H](c4ccccc4)C3)o2)cc1. The number of benzene rings is 2. The van der Waals surface area contributed by atoms with E-state index in [2.05, 4.69) is 17.1 Å². The van der Waals surface area contributed by atoms with Crippen molar-refractivity contribution < 1.29 is 9.21 Å². The van der Waals surface area contributed by atoms with Crippen molar-refractivity contribution in [3.63, 3.8) is 0 Å². The summed E-state index contributed by atoms with van der Waals surface area (Å²) in [6.45, 7) is 3.32. The fraction of sp³-hybridized carbons (Fsp3) is 0.304. The molecular formula is C23H25N3O2. The van der Waals surface area contributed by atoms with Crippen LogP contribution in [0.1, 0.15) is 29.4 Å². The number of amides is 1. The summed E-state index contributed by atoms with van der Waals surface area (Å²) in [6, 6.07) is 18.3. The standard InChI is InChI=1S/C23H25N3O2/c1-16-7-9-18(10-8-16)21-13-25-22(28-21)11-12-23(27)26-14-19(20(24)15-26)17-5-3-2-4-6-17/h2-10,13,19-20H,11-12,14-15,24H2,1H3/t19-,20+/m0/s1. The number of carbonyl (C=O) groups excluding carboxylic acids is 1. The topological polar surface area (TPSA) is 72.4 Å². The number of aryl methyl sites for hydroxylation is 2.